The van der Waals surface area contributed by atoms with Gasteiger partial charge in [-0.05, 0) is 12.8 Å². The molecule has 0 N–H and O–H groups in total. The third-order valence-corrected chi connectivity index (χ3v) is 2.40. The zero-order valence-corrected chi connectivity index (χ0v) is 6.41. The summed E-state index contributed by atoms with van der Waals surface area (Å²) in [4.78, 5) is 10.7. The van der Waals surface area contributed by atoms with Gasteiger partial charge in [0.25, 0.3) is 0 Å². The van der Waals surface area contributed by atoms with Crippen molar-refractivity contribution in [1.82, 2.24) is 0 Å². The zero-order chi connectivity index (χ0) is 7.68. The summed E-state index contributed by atoms with van der Waals surface area (Å²) in [5.74, 6) is 0.267. The second kappa shape index (κ2) is 2.81. The minimum absolute atomic E-state index is 0.154. The summed E-state index contributed by atoms with van der Waals surface area (Å²) < 4.78 is 10.2. The van der Waals surface area contributed by atoms with E-state index >= 15 is 0 Å². The molecule has 1 heterocycles. The highest BCUT2D eigenvalue weighted by molar-refractivity contribution is 5.72. The summed E-state index contributed by atoms with van der Waals surface area (Å²) in [5.41, 5.74) is 0. The summed E-state index contributed by atoms with van der Waals surface area (Å²) in [5, 5.41) is 0. The molecule has 0 aromatic carbocycles. The van der Waals surface area contributed by atoms with Gasteiger partial charge in [0.1, 0.15) is 6.61 Å². The Labute approximate surface area is 65.7 Å². The molecule has 1 aliphatic carbocycles. The molecule has 2 rings (SSSR count). The zero-order valence-electron chi connectivity index (χ0n) is 6.41. The van der Waals surface area contributed by atoms with Crippen LogP contribution in [0.2, 0.25) is 0 Å². The molecule has 0 radical (unpaired) electrons. The second-order valence-electron chi connectivity index (χ2n) is 3.21. The number of carbonyl (C=O) groups excluding carboxylic acids is 1. The lowest BCUT2D eigenvalue weighted by atomic mass is 10.1. The molecule has 0 amide bonds. The molecule has 3 nitrogen and oxygen atoms in total. The van der Waals surface area contributed by atoms with Gasteiger partial charge in [-0.1, -0.05) is 12.8 Å². The average molecular weight is 156 g/mol. The lowest BCUT2D eigenvalue weighted by molar-refractivity contribution is -0.147. The molecule has 3 heteroatoms. The highest BCUT2D eigenvalue weighted by Crippen LogP contribution is 2.31. The molecule has 1 saturated heterocycles. The minimum atomic E-state index is -0.218. The SMILES string of the molecule is O=C1COC(C2CCCC2)O1. The molecule has 62 valence electrons. The molecular formula is C8H12O3. The molecule has 1 unspecified atom stereocenters. The van der Waals surface area contributed by atoms with E-state index in [0.717, 1.165) is 12.8 Å². The third-order valence-electron chi connectivity index (χ3n) is 2.40. The molecule has 1 aliphatic heterocycles. The Bertz CT molecular complexity index is 161. The number of esters is 1. The third kappa shape index (κ3) is 1.38. The molecule has 11 heavy (non-hydrogen) atoms. The van der Waals surface area contributed by atoms with Crippen molar-refractivity contribution < 1.29 is 14.3 Å². The van der Waals surface area contributed by atoms with Gasteiger partial charge in [0.15, 0.2) is 0 Å². The smallest absolute Gasteiger partial charge is 0.334 e. The van der Waals surface area contributed by atoms with E-state index in [4.69, 9.17) is 9.47 Å². The monoisotopic (exact) mass is 156 g/mol. The molecule has 1 saturated carbocycles. The quantitative estimate of drug-likeness (QED) is 0.533. The van der Waals surface area contributed by atoms with Gasteiger partial charge in [0, 0.05) is 5.92 Å². The van der Waals surface area contributed by atoms with Gasteiger partial charge >= 0.3 is 5.97 Å². The first kappa shape index (κ1) is 7.10. The Hall–Kier alpha value is -0.570. The number of hydrogen-bond acceptors (Lipinski definition) is 3. The van der Waals surface area contributed by atoms with Crippen LogP contribution in [0.4, 0.5) is 0 Å². The van der Waals surface area contributed by atoms with Crippen LogP contribution >= 0.6 is 0 Å². The molecule has 0 aromatic heterocycles. The summed E-state index contributed by atoms with van der Waals surface area (Å²) in [6, 6.07) is 0. The van der Waals surface area contributed by atoms with Crippen LogP contribution in [0.1, 0.15) is 25.7 Å². The van der Waals surface area contributed by atoms with Gasteiger partial charge in [-0.15, -0.1) is 0 Å². The Morgan fingerprint density at radius 1 is 1.27 bits per heavy atom. The molecule has 0 bridgehead atoms. The van der Waals surface area contributed by atoms with Gasteiger partial charge < -0.3 is 9.47 Å². The lowest BCUT2D eigenvalue weighted by Gasteiger charge is -2.14. The first-order chi connectivity index (χ1) is 5.36. The van der Waals surface area contributed by atoms with Crippen molar-refractivity contribution >= 4 is 5.97 Å². The van der Waals surface area contributed by atoms with Crippen LogP contribution in [0.25, 0.3) is 0 Å². The van der Waals surface area contributed by atoms with Crippen molar-refractivity contribution in [3.8, 4) is 0 Å². The molecule has 2 fully saturated rings. The molecule has 1 atom stereocenters. The minimum Gasteiger partial charge on any atom is -0.434 e. The van der Waals surface area contributed by atoms with E-state index in [1.807, 2.05) is 0 Å². The van der Waals surface area contributed by atoms with Crippen molar-refractivity contribution in [2.75, 3.05) is 6.61 Å². The van der Waals surface area contributed by atoms with Crippen molar-refractivity contribution in [3.63, 3.8) is 0 Å². The Kier molecular flexibility index (Phi) is 1.82. The number of carbonyl (C=O) groups is 1. The van der Waals surface area contributed by atoms with E-state index < -0.39 is 0 Å². The van der Waals surface area contributed by atoms with Crippen LogP contribution in [0.3, 0.4) is 0 Å². The highest BCUT2D eigenvalue weighted by Gasteiger charge is 2.33. The topological polar surface area (TPSA) is 35.5 Å². The number of rotatable bonds is 1. The van der Waals surface area contributed by atoms with Crippen LogP contribution in [0.5, 0.6) is 0 Å². The van der Waals surface area contributed by atoms with Crippen LogP contribution in [0.15, 0.2) is 0 Å². The average Bonchev–Trinajstić information content (AvgIpc) is 2.55. The van der Waals surface area contributed by atoms with E-state index in [1.165, 1.54) is 12.8 Å². The molecular weight excluding hydrogens is 144 g/mol. The van der Waals surface area contributed by atoms with E-state index in [1.54, 1.807) is 0 Å². The fraction of sp³-hybridized carbons (Fsp3) is 0.875. The van der Waals surface area contributed by atoms with E-state index in [2.05, 4.69) is 0 Å². The summed E-state index contributed by atoms with van der Waals surface area (Å²) in [6.45, 7) is 0.154. The van der Waals surface area contributed by atoms with Crippen LogP contribution in [-0.2, 0) is 14.3 Å². The van der Waals surface area contributed by atoms with Gasteiger partial charge in [-0.25, -0.2) is 4.79 Å². The molecule has 0 aromatic rings. The van der Waals surface area contributed by atoms with E-state index in [-0.39, 0.29) is 18.9 Å². The summed E-state index contributed by atoms with van der Waals surface area (Å²) in [6.07, 6.45) is 4.59. The second-order valence-corrected chi connectivity index (χ2v) is 3.21. The van der Waals surface area contributed by atoms with Gasteiger partial charge in [0.2, 0.25) is 6.29 Å². The fourth-order valence-electron chi connectivity index (χ4n) is 1.81. The first-order valence-electron chi connectivity index (χ1n) is 4.17. The predicted molar refractivity (Wildman–Crippen MR) is 37.8 cm³/mol. The van der Waals surface area contributed by atoms with Crippen molar-refractivity contribution in [3.05, 3.63) is 0 Å². The number of cyclic esters (lactones) is 1. The van der Waals surface area contributed by atoms with Crippen molar-refractivity contribution in [1.29, 1.82) is 0 Å². The van der Waals surface area contributed by atoms with Crippen molar-refractivity contribution in [2.24, 2.45) is 5.92 Å². The summed E-state index contributed by atoms with van der Waals surface area (Å²) in [7, 11) is 0. The van der Waals surface area contributed by atoms with Gasteiger partial charge in [-0.3, -0.25) is 0 Å². The molecule has 2 aliphatic rings. The number of hydrogen-bond donors (Lipinski definition) is 0. The Morgan fingerprint density at radius 3 is 2.55 bits per heavy atom. The van der Waals surface area contributed by atoms with E-state index in [0.29, 0.717) is 5.92 Å². The van der Waals surface area contributed by atoms with E-state index in [9.17, 15) is 4.79 Å². The fourth-order valence-corrected chi connectivity index (χ4v) is 1.81. The van der Waals surface area contributed by atoms with Crippen LogP contribution < -0.4 is 0 Å². The Balaban J connectivity index is 1.90. The Morgan fingerprint density at radius 2 is 2.00 bits per heavy atom. The maximum absolute atomic E-state index is 10.7. The standard InChI is InChI=1S/C8H12O3/c9-7-5-10-8(11-7)6-3-1-2-4-6/h6,8H,1-5H2. The molecule has 0 spiro atoms. The normalized spacial score (nSPS) is 32.7. The highest BCUT2D eigenvalue weighted by atomic mass is 16.7. The van der Waals surface area contributed by atoms with Crippen LogP contribution in [0, 0.1) is 5.92 Å². The maximum Gasteiger partial charge on any atom is 0.334 e. The number of ether oxygens (including phenoxy) is 2. The maximum atomic E-state index is 10.7. The van der Waals surface area contributed by atoms with Crippen LogP contribution in [-0.4, -0.2) is 18.9 Å². The summed E-state index contributed by atoms with van der Waals surface area (Å²) >= 11 is 0. The van der Waals surface area contributed by atoms with Gasteiger partial charge in [-0.2, -0.15) is 0 Å². The van der Waals surface area contributed by atoms with Crippen molar-refractivity contribution in [2.45, 2.75) is 32.0 Å². The lowest BCUT2D eigenvalue weighted by Crippen LogP contribution is -2.18. The first-order valence-corrected chi connectivity index (χ1v) is 4.17. The predicted octanol–water partition coefficient (Wildman–Crippen LogP) is 1.08. The van der Waals surface area contributed by atoms with Gasteiger partial charge in [0.05, 0.1) is 0 Å². The largest absolute Gasteiger partial charge is 0.434 e.